The molecule has 2 amide bonds. The summed E-state index contributed by atoms with van der Waals surface area (Å²) in [4.78, 5) is 45.4. The molecule has 0 unspecified atom stereocenters. The third-order valence-electron chi connectivity index (χ3n) is 5.70. The van der Waals surface area contributed by atoms with E-state index in [0.29, 0.717) is 19.6 Å². The molecule has 154 valence electrons. The second-order valence-corrected chi connectivity index (χ2v) is 9.31. The van der Waals surface area contributed by atoms with Crippen LogP contribution in [0.3, 0.4) is 0 Å². The number of carbonyl (C=O) groups is 3. The Bertz CT molecular complexity index is 716. The van der Waals surface area contributed by atoms with Crippen LogP contribution in [0.1, 0.15) is 52.2 Å². The molecule has 3 rings (SSSR count). The lowest BCUT2D eigenvalue weighted by Crippen LogP contribution is -2.52. The molecule has 6 nitrogen and oxygen atoms in total. The van der Waals surface area contributed by atoms with Crippen LogP contribution in [0.4, 0.5) is 0 Å². The topological polar surface area (TPSA) is 60.9 Å². The first kappa shape index (κ1) is 21.0. The highest BCUT2D eigenvalue weighted by Gasteiger charge is 2.25. The van der Waals surface area contributed by atoms with Crippen molar-refractivity contribution in [3.63, 3.8) is 0 Å². The molecule has 0 radical (unpaired) electrons. The molecule has 0 bridgehead atoms. The summed E-state index contributed by atoms with van der Waals surface area (Å²) in [6, 6.07) is 1.92. The normalized spacial score (nSPS) is 18.4. The highest BCUT2D eigenvalue weighted by atomic mass is 32.1. The van der Waals surface area contributed by atoms with Crippen LogP contribution in [-0.4, -0.2) is 78.1 Å². The van der Waals surface area contributed by atoms with Crippen LogP contribution in [0.15, 0.2) is 6.07 Å². The van der Waals surface area contributed by atoms with Gasteiger partial charge in [0.25, 0.3) is 0 Å². The Kier molecular flexibility index (Phi) is 7.24. The number of nitrogens with zero attached hydrogens (tertiary/aromatic N) is 3. The van der Waals surface area contributed by atoms with Gasteiger partial charge in [-0.15, -0.1) is 11.3 Å². The Hall–Kier alpha value is -1.73. The Morgan fingerprint density at radius 1 is 0.857 bits per heavy atom. The van der Waals surface area contributed by atoms with Gasteiger partial charge in [0.1, 0.15) is 0 Å². The van der Waals surface area contributed by atoms with Crippen LogP contribution >= 0.6 is 11.3 Å². The van der Waals surface area contributed by atoms with Crippen molar-refractivity contribution in [1.29, 1.82) is 0 Å². The molecule has 2 aliphatic heterocycles. The smallest absolute Gasteiger partial charge is 0.236 e. The molecular weight excluding hydrogens is 374 g/mol. The summed E-state index contributed by atoms with van der Waals surface area (Å²) in [5, 5.41) is 0. The van der Waals surface area contributed by atoms with Gasteiger partial charge in [-0.1, -0.05) is 0 Å². The second-order valence-electron chi connectivity index (χ2n) is 7.85. The second kappa shape index (κ2) is 9.65. The molecule has 7 heteroatoms. The molecule has 0 aliphatic carbocycles. The highest BCUT2D eigenvalue weighted by Crippen LogP contribution is 2.22. The van der Waals surface area contributed by atoms with E-state index in [2.05, 4.69) is 4.90 Å². The maximum absolute atomic E-state index is 12.5. The molecule has 0 spiro atoms. The minimum atomic E-state index is 0.0416. The van der Waals surface area contributed by atoms with E-state index in [1.165, 1.54) is 6.42 Å². The van der Waals surface area contributed by atoms with Crippen LogP contribution in [0.2, 0.25) is 0 Å². The fourth-order valence-corrected chi connectivity index (χ4v) is 4.95. The van der Waals surface area contributed by atoms with E-state index in [-0.39, 0.29) is 30.4 Å². The quantitative estimate of drug-likeness (QED) is 0.682. The third kappa shape index (κ3) is 5.41. The summed E-state index contributed by atoms with van der Waals surface area (Å²) < 4.78 is 0. The van der Waals surface area contributed by atoms with Crippen LogP contribution < -0.4 is 0 Å². The molecule has 0 aromatic carbocycles. The van der Waals surface area contributed by atoms with Crippen molar-refractivity contribution in [2.75, 3.05) is 45.8 Å². The molecule has 2 saturated heterocycles. The fourth-order valence-electron chi connectivity index (χ4n) is 4.01. The van der Waals surface area contributed by atoms with Gasteiger partial charge < -0.3 is 9.80 Å². The van der Waals surface area contributed by atoms with Crippen molar-refractivity contribution in [2.45, 2.75) is 46.0 Å². The zero-order chi connectivity index (χ0) is 20.1. The minimum Gasteiger partial charge on any atom is -0.342 e. The summed E-state index contributed by atoms with van der Waals surface area (Å²) in [5.74, 6) is 0.312. The predicted octanol–water partition coefficient (Wildman–Crippen LogP) is 2.48. The van der Waals surface area contributed by atoms with E-state index in [4.69, 9.17) is 0 Å². The SMILES string of the molecule is Cc1cc(C(=O)CCC(=O)N2CCN(CC(=O)N3CCCCC3)CC2)c(C)s1. The van der Waals surface area contributed by atoms with Crippen molar-refractivity contribution in [3.8, 4) is 0 Å². The Balaban J connectivity index is 1.39. The number of thiophene rings is 1. The van der Waals surface area contributed by atoms with Crippen LogP contribution in [0.5, 0.6) is 0 Å². The van der Waals surface area contributed by atoms with Gasteiger partial charge in [-0.05, 0) is 39.2 Å². The molecule has 1 aromatic rings. The lowest BCUT2D eigenvalue weighted by atomic mass is 10.1. The average Bonchev–Trinajstić information content (AvgIpc) is 3.05. The summed E-state index contributed by atoms with van der Waals surface area (Å²) in [7, 11) is 0. The standard InChI is InChI=1S/C21H31N3O3S/c1-16-14-18(17(2)28-16)19(25)6-7-20(26)24-12-10-22(11-13-24)15-21(27)23-8-4-3-5-9-23/h14H,3-13,15H2,1-2H3. The molecule has 0 saturated carbocycles. The number of likely N-dealkylation sites (tertiary alicyclic amines) is 1. The number of Topliss-reactive ketones (excluding diaryl/α,β-unsaturated/α-hetero) is 1. The molecule has 3 heterocycles. The lowest BCUT2D eigenvalue weighted by molar-refractivity contribution is -0.135. The molecule has 0 N–H and O–H groups in total. The number of hydrogen-bond acceptors (Lipinski definition) is 5. The van der Waals surface area contributed by atoms with Crippen LogP contribution in [0, 0.1) is 13.8 Å². The number of ketones is 1. The Labute approximate surface area is 171 Å². The maximum Gasteiger partial charge on any atom is 0.236 e. The molecule has 1 aromatic heterocycles. The van der Waals surface area contributed by atoms with Gasteiger partial charge >= 0.3 is 0 Å². The van der Waals surface area contributed by atoms with E-state index in [1.807, 2.05) is 29.7 Å². The first-order valence-corrected chi connectivity index (χ1v) is 11.1. The largest absolute Gasteiger partial charge is 0.342 e. The zero-order valence-electron chi connectivity index (χ0n) is 17.0. The van der Waals surface area contributed by atoms with Crippen molar-refractivity contribution in [2.24, 2.45) is 0 Å². The third-order valence-corrected chi connectivity index (χ3v) is 6.67. The van der Waals surface area contributed by atoms with Crippen LogP contribution in [-0.2, 0) is 9.59 Å². The first-order valence-electron chi connectivity index (χ1n) is 10.3. The lowest BCUT2D eigenvalue weighted by Gasteiger charge is -2.36. The van der Waals surface area contributed by atoms with E-state index in [0.717, 1.165) is 54.3 Å². The molecule has 28 heavy (non-hydrogen) atoms. The van der Waals surface area contributed by atoms with Gasteiger partial charge in [0.05, 0.1) is 6.54 Å². The molecule has 2 fully saturated rings. The Morgan fingerprint density at radius 3 is 2.11 bits per heavy atom. The van der Waals surface area contributed by atoms with Gasteiger partial charge in [0, 0.05) is 67.4 Å². The molecule has 0 atom stereocenters. The van der Waals surface area contributed by atoms with E-state index in [1.54, 1.807) is 11.3 Å². The summed E-state index contributed by atoms with van der Waals surface area (Å²) in [5.41, 5.74) is 0.761. The van der Waals surface area contributed by atoms with Gasteiger partial charge in [-0.2, -0.15) is 0 Å². The van der Waals surface area contributed by atoms with Gasteiger partial charge in [0.2, 0.25) is 11.8 Å². The molecular formula is C21H31N3O3S. The highest BCUT2D eigenvalue weighted by molar-refractivity contribution is 7.12. The van der Waals surface area contributed by atoms with Gasteiger partial charge in [-0.25, -0.2) is 0 Å². The summed E-state index contributed by atoms with van der Waals surface area (Å²) in [6.45, 7) is 8.89. The van der Waals surface area contributed by atoms with E-state index < -0.39 is 0 Å². The average molecular weight is 406 g/mol. The van der Waals surface area contributed by atoms with E-state index >= 15 is 0 Å². The summed E-state index contributed by atoms with van der Waals surface area (Å²) in [6.07, 6.45) is 3.97. The number of aryl methyl sites for hydroxylation is 2. The van der Waals surface area contributed by atoms with Gasteiger partial charge in [0.15, 0.2) is 5.78 Å². The van der Waals surface area contributed by atoms with Crippen molar-refractivity contribution in [3.05, 3.63) is 21.4 Å². The zero-order valence-corrected chi connectivity index (χ0v) is 17.9. The number of hydrogen-bond donors (Lipinski definition) is 0. The summed E-state index contributed by atoms with van der Waals surface area (Å²) >= 11 is 1.62. The number of rotatable bonds is 6. The number of carbonyl (C=O) groups excluding carboxylic acids is 3. The van der Waals surface area contributed by atoms with Crippen molar-refractivity contribution < 1.29 is 14.4 Å². The maximum atomic E-state index is 12.5. The fraction of sp³-hybridized carbons (Fsp3) is 0.667. The van der Waals surface area contributed by atoms with E-state index in [9.17, 15) is 14.4 Å². The first-order chi connectivity index (χ1) is 13.4. The van der Waals surface area contributed by atoms with Crippen molar-refractivity contribution >= 4 is 28.9 Å². The van der Waals surface area contributed by atoms with Gasteiger partial charge in [-0.3, -0.25) is 19.3 Å². The van der Waals surface area contributed by atoms with Crippen molar-refractivity contribution in [1.82, 2.24) is 14.7 Å². The number of piperazine rings is 1. The monoisotopic (exact) mass is 405 g/mol. The van der Waals surface area contributed by atoms with Crippen LogP contribution in [0.25, 0.3) is 0 Å². The predicted molar refractivity (Wildman–Crippen MR) is 111 cm³/mol. The minimum absolute atomic E-state index is 0.0416. The number of piperidine rings is 1. The number of amides is 2. The molecule has 2 aliphatic rings. The Morgan fingerprint density at radius 2 is 1.50 bits per heavy atom.